The third-order valence-corrected chi connectivity index (χ3v) is 4.46. The fourth-order valence-corrected chi connectivity index (χ4v) is 3.30. The lowest BCUT2D eigenvalue weighted by Crippen LogP contribution is -2.31. The lowest BCUT2D eigenvalue weighted by Gasteiger charge is -2.23. The highest BCUT2D eigenvalue weighted by molar-refractivity contribution is 5.97. The van der Waals surface area contributed by atoms with Gasteiger partial charge in [0.2, 0.25) is 0 Å². The Labute approximate surface area is 141 Å². The fraction of sp³-hybridized carbons (Fsp3) is 0.312. The number of carbonyl (C=O) groups excluding carboxylic acids is 1. The van der Waals surface area contributed by atoms with Gasteiger partial charge in [0.15, 0.2) is 0 Å². The number of hydrogen-bond acceptors (Lipinski definition) is 5. The van der Waals surface area contributed by atoms with Gasteiger partial charge in [-0.3, -0.25) is 24.2 Å². The first-order valence-corrected chi connectivity index (χ1v) is 7.95. The van der Waals surface area contributed by atoms with Gasteiger partial charge >= 0.3 is 5.69 Å². The Morgan fingerprint density at radius 3 is 2.88 bits per heavy atom. The molecule has 9 heteroatoms. The molecule has 4 heterocycles. The van der Waals surface area contributed by atoms with Crippen molar-refractivity contribution in [2.24, 2.45) is 7.05 Å². The van der Waals surface area contributed by atoms with Crippen LogP contribution in [0.2, 0.25) is 0 Å². The molecule has 1 fully saturated rings. The summed E-state index contributed by atoms with van der Waals surface area (Å²) >= 11 is 0. The van der Waals surface area contributed by atoms with E-state index in [4.69, 9.17) is 0 Å². The zero-order valence-corrected chi connectivity index (χ0v) is 13.5. The van der Waals surface area contributed by atoms with Crippen LogP contribution in [0.3, 0.4) is 0 Å². The van der Waals surface area contributed by atoms with Crippen molar-refractivity contribution < 1.29 is 4.79 Å². The van der Waals surface area contributed by atoms with E-state index < -0.39 is 11.2 Å². The second-order valence-corrected chi connectivity index (χ2v) is 6.13. The summed E-state index contributed by atoms with van der Waals surface area (Å²) in [5.74, 6) is -0.189. The quantitative estimate of drug-likeness (QED) is 0.697. The number of aromatic amines is 2. The topological polar surface area (TPSA) is 117 Å². The van der Waals surface area contributed by atoms with Gasteiger partial charge in [-0.25, -0.2) is 9.78 Å². The predicted molar refractivity (Wildman–Crippen MR) is 89.2 cm³/mol. The number of rotatable bonds is 2. The van der Waals surface area contributed by atoms with E-state index in [9.17, 15) is 14.4 Å². The summed E-state index contributed by atoms with van der Waals surface area (Å²) in [6, 6.07) is 1.43. The Bertz CT molecular complexity index is 1080. The number of aromatic nitrogens is 5. The fourth-order valence-electron chi connectivity index (χ4n) is 3.30. The molecule has 4 rings (SSSR count). The van der Waals surface area contributed by atoms with E-state index in [-0.39, 0.29) is 23.0 Å². The second kappa shape index (κ2) is 5.69. The highest BCUT2D eigenvalue weighted by Crippen LogP contribution is 2.32. The number of nitrogens with one attached hydrogen (secondary N) is 2. The van der Waals surface area contributed by atoms with Crippen molar-refractivity contribution in [2.75, 3.05) is 6.54 Å². The maximum absolute atomic E-state index is 12.9. The van der Waals surface area contributed by atoms with Gasteiger partial charge in [-0.1, -0.05) is 0 Å². The number of fused-ring (bicyclic) bond motifs is 1. The number of amides is 1. The van der Waals surface area contributed by atoms with Crippen LogP contribution in [0.15, 0.2) is 34.2 Å². The number of hydrogen-bond donors (Lipinski definition) is 2. The van der Waals surface area contributed by atoms with Crippen LogP contribution in [-0.2, 0) is 7.05 Å². The van der Waals surface area contributed by atoms with Crippen LogP contribution in [0.1, 0.15) is 34.8 Å². The summed E-state index contributed by atoms with van der Waals surface area (Å²) in [4.78, 5) is 46.6. The summed E-state index contributed by atoms with van der Waals surface area (Å²) in [6.45, 7) is 0.637. The van der Waals surface area contributed by atoms with Crippen LogP contribution in [0.5, 0.6) is 0 Å². The summed E-state index contributed by atoms with van der Waals surface area (Å²) in [7, 11) is 1.84. The molecule has 3 aromatic heterocycles. The lowest BCUT2D eigenvalue weighted by atomic mass is 10.1. The predicted octanol–water partition coefficient (Wildman–Crippen LogP) is 0.322. The average molecular weight is 340 g/mol. The van der Waals surface area contributed by atoms with E-state index >= 15 is 0 Å². The standard InChI is InChI=1S/C16H16N6O3/c1-21-8-10(7-18-21)12-3-2-4-22(12)15(24)9-5-11-13(17-6-9)19-16(25)20-14(11)23/h5-8,12H,2-4H2,1H3,(H2,17,19,20,23,25)/t12-/m0/s1. The monoisotopic (exact) mass is 340 g/mol. The average Bonchev–Trinajstić information content (AvgIpc) is 3.22. The van der Waals surface area contributed by atoms with Crippen LogP contribution >= 0.6 is 0 Å². The van der Waals surface area contributed by atoms with Crippen molar-refractivity contribution in [1.29, 1.82) is 0 Å². The smallest absolute Gasteiger partial charge is 0.327 e. The number of nitrogens with zero attached hydrogens (tertiary/aromatic N) is 4. The highest BCUT2D eigenvalue weighted by atomic mass is 16.2. The van der Waals surface area contributed by atoms with Crippen molar-refractivity contribution in [3.63, 3.8) is 0 Å². The van der Waals surface area contributed by atoms with E-state index in [0.29, 0.717) is 12.1 Å². The van der Waals surface area contributed by atoms with Crippen molar-refractivity contribution in [3.05, 3.63) is 56.6 Å². The minimum absolute atomic E-state index is 0.0363. The summed E-state index contributed by atoms with van der Waals surface area (Å²) in [5.41, 5.74) is 0.284. The van der Waals surface area contributed by atoms with Gasteiger partial charge in [0.1, 0.15) is 5.65 Å². The molecule has 1 saturated heterocycles. The number of aryl methyl sites for hydroxylation is 1. The van der Waals surface area contributed by atoms with E-state index in [1.54, 1.807) is 15.8 Å². The van der Waals surface area contributed by atoms with Crippen LogP contribution in [0.25, 0.3) is 11.0 Å². The molecular weight excluding hydrogens is 324 g/mol. The maximum atomic E-state index is 12.9. The molecule has 128 valence electrons. The van der Waals surface area contributed by atoms with Gasteiger partial charge in [-0.15, -0.1) is 0 Å². The maximum Gasteiger partial charge on any atom is 0.327 e. The molecule has 1 atom stereocenters. The van der Waals surface area contributed by atoms with Gasteiger partial charge in [0, 0.05) is 31.5 Å². The third kappa shape index (κ3) is 2.63. The molecule has 0 spiro atoms. The van der Waals surface area contributed by atoms with Crippen molar-refractivity contribution in [1.82, 2.24) is 29.6 Å². The van der Waals surface area contributed by atoms with Crippen molar-refractivity contribution in [2.45, 2.75) is 18.9 Å². The summed E-state index contributed by atoms with van der Waals surface area (Å²) in [6.07, 6.45) is 6.83. The minimum Gasteiger partial charge on any atom is -0.331 e. The molecule has 0 aliphatic carbocycles. The largest absolute Gasteiger partial charge is 0.331 e. The number of pyridine rings is 1. The Balaban J connectivity index is 1.71. The first kappa shape index (κ1) is 15.3. The molecule has 25 heavy (non-hydrogen) atoms. The van der Waals surface area contributed by atoms with Crippen molar-refractivity contribution in [3.8, 4) is 0 Å². The van der Waals surface area contributed by atoms with Crippen LogP contribution < -0.4 is 11.2 Å². The van der Waals surface area contributed by atoms with Crippen molar-refractivity contribution >= 4 is 16.9 Å². The van der Waals surface area contributed by atoms with Gasteiger partial charge in [-0.05, 0) is 18.9 Å². The van der Waals surface area contributed by atoms with E-state index in [0.717, 1.165) is 18.4 Å². The van der Waals surface area contributed by atoms with Crippen LogP contribution in [-0.4, -0.2) is 42.1 Å². The minimum atomic E-state index is -0.625. The molecule has 0 bridgehead atoms. The second-order valence-electron chi connectivity index (χ2n) is 6.13. The normalized spacial score (nSPS) is 17.3. The Kier molecular flexibility index (Phi) is 3.48. The molecule has 3 aromatic rings. The van der Waals surface area contributed by atoms with Gasteiger partial charge in [-0.2, -0.15) is 5.10 Å². The highest BCUT2D eigenvalue weighted by Gasteiger charge is 2.31. The number of carbonyl (C=O) groups is 1. The molecular formula is C16H16N6O3. The Morgan fingerprint density at radius 2 is 2.12 bits per heavy atom. The zero-order valence-electron chi connectivity index (χ0n) is 13.5. The molecule has 1 amide bonds. The molecule has 0 radical (unpaired) electrons. The zero-order chi connectivity index (χ0) is 17.6. The van der Waals surface area contributed by atoms with E-state index in [1.807, 2.05) is 13.2 Å². The SMILES string of the molecule is Cn1cc([C@@H]2CCCN2C(=O)c2cnc3[nH]c(=O)[nH]c(=O)c3c2)cn1. The number of H-pyrrole nitrogens is 2. The Hall–Kier alpha value is -3.23. The molecule has 9 nitrogen and oxygen atoms in total. The molecule has 1 aliphatic heterocycles. The third-order valence-electron chi connectivity index (χ3n) is 4.46. The number of likely N-dealkylation sites (tertiary alicyclic amines) is 1. The summed E-state index contributed by atoms with van der Waals surface area (Å²) in [5, 5.41) is 4.36. The summed E-state index contributed by atoms with van der Waals surface area (Å²) < 4.78 is 1.71. The first-order valence-electron chi connectivity index (χ1n) is 7.95. The van der Waals surface area contributed by atoms with Gasteiger partial charge in [0.25, 0.3) is 11.5 Å². The molecule has 0 unspecified atom stereocenters. The van der Waals surface area contributed by atoms with Crippen LogP contribution in [0.4, 0.5) is 0 Å². The lowest BCUT2D eigenvalue weighted by molar-refractivity contribution is 0.0735. The van der Waals surface area contributed by atoms with E-state index in [2.05, 4.69) is 20.1 Å². The Morgan fingerprint density at radius 1 is 1.28 bits per heavy atom. The molecule has 1 aliphatic rings. The van der Waals surface area contributed by atoms with Gasteiger partial charge < -0.3 is 4.90 Å². The molecule has 0 saturated carbocycles. The molecule has 2 N–H and O–H groups in total. The molecule has 0 aromatic carbocycles. The van der Waals surface area contributed by atoms with E-state index in [1.165, 1.54) is 12.3 Å². The van der Waals surface area contributed by atoms with Gasteiger partial charge in [0.05, 0.1) is 23.2 Å². The first-order chi connectivity index (χ1) is 12.0. The van der Waals surface area contributed by atoms with Crippen LogP contribution in [0, 0.1) is 0 Å².